The standard InChI is InChI=1S/C29H35FN2O7Si/c1-17-27(40(4,5)30)24(12-13-33)39-29(17)22-14-21(37-3)10-11-23(22)31(28(29)36)16-19-6-8-20(9-7-19)32-25(35)15-26(32)38-18(2)34/h6-11,14,17,24,26-27,33H,12-13,15-16H2,1-5H3/t17-,24+,26?,27-,29+/m0/s1. The predicted molar refractivity (Wildman–Crippen MR) is 148 cm³/mol. The van der Waals surface area contributed by atoms with Crippen molar-refractivity contribution in [1.29, 1.82) is 0 Å². The minimum absolute atomic E-state index is 0.140. The number of esters is 1. The van der Waals surface area contributed by atoms with E-state index in [0.717, 1.165) is 5.56 Å². The molecule has 2 amide bonds. The van der Waals surface area contributed by atoms with Gasteiger partial charge in [-0.2, -0.15) is 0 Å². The summed E-state index contributed by atoms with van der Waals surface area (Å²) in [6.07, 6.45) is -0.828. The fourth-order valence-corrected chi connectivity index (χ4v) is 9.18. The third-order valence-electron chi connectivity index (χ3n) is 8.34. The van der Waals surface area contributed by atoms with Crippen LogP contribution in [-0.4, -0.2) is 57.3 Å². The lowest BCUT2D eigenvalue weighted by molar-refractivity contribution is -0.154. The second-order valence-electron chi connectivity index (χ2n) is 11.3. The van der Waals surface area contributed by atoms with E-state index < -0.39 is 43.8 Å². The SMILES string of the molecule is COc1ccc2c(c1)[C@@]1(O[C@H](CCO)[C@@H]([Si](C)(C)F)[C@@H]1C)C(=O)N2Cc1ccc(N2C(=O)CC2OC(C)=O)cc1. The van der Waals surface area contributed by atoms with Gasteiger partial charge < -0.3 is 28.3 Å². The van der Waals surface area contributed by atoms with Crippen LogP contribution < -0.4 is 14.5 Å². The number of fused-ring (bicyclic) bond motifs is 2. The number of ether oxygens (including phenoxy) is 3. The number of rotatable bonds is 8. The normalized spacial score (nSPS) is 27.7. The van der Waals surface area contributed by atoms with E-state index in [-0.39, 0.29) is 37.8 Å². The van der Waals surface area contributed by atoms with Crippen molar-refractivity contribution in [2.75, 3.05) is 23.5 Å². The zero-order valence-electron chi connectivity index (χ0n) is 23.3. The average Bonchev–Trinajstić information content (AvgIpc) is 3.31. The van der Waals surface area contributed by atoms with Crippen molar-refractivity contribution in [1.82, 2.24) is 0 Å². The maximum atomic E-state index is 15.7. The Morgan fingerprint density at radius 3 is 2.48 bits per heavy atom. The van der Waals surface area contributed by atoms with Crippen molar-refractivity contribution >= 4 is 37.6 Å². The number of amides is 2. The van der Waals surface area contributed by atoms with Crippen LogP contribution in [0.25, 0.3) is 0 Å². The van der Waals surface area contributed by atoms with Crippen LogP contribution in [0.5, 0.6) is 5.75 Å². The first-order valence-electron chi connectivity index (χ1n) is 13.5. The van der Waals surface area contributed by atoms with E-state index in [2.05, 4.69) is 0 Å². The Balaban J connectivity index is 1.48. The third kappa shape index (κ3) is 4.49. The fourth-order valence-electron chi connectivity index (χ4n) is 6.64. The molecule has 1 N–H and O–H groups in total. The van der Waals surface area contributed by atoms with Gasteiger partial charge in [0, 0.05) is 36.2 Å². The number of carbonyl (C=O) groups is 3. The molecule has 2 aromatic rings. The summed E-state index contributed by atoms with van der Waals surface area (Å²) in [5.41, 5.74) is 0.823. The van der Waals surface area contributed by atoms with Crippen molar-refractivity contribution in [3.63, 3.8) is 0 Å². The van der Waals surface area contributed by atoms with Gasteiger partial charge in [0.05, 0.1) is 31.9 Å². The summed E-state index contributed by atoms with van der Waals surface area (Å²) >= 11 is 0. The topological polar surface area (TPSA) is 106 Å². The number of benzene rings is 2. The van der Waals surface area contributed by atoms with Crippen molar-refractivity contribution in [3.8, 4) is 5.75 Å². The lowest BCUT2D eigenvalue weighted by Gasteiger charge is -2.39. The van der Waals surface area contributed by atoms with Gasteiger partial charge in [-0.3, -0.25) is 19.3 Å². The zero-order chi connectivity index (χ0) is 29.0. The smallest absolute Gasteiger partial charge is 0.304 e. The van der Waals surface area contributed by atoms with E-state index in [1.807, 2.05) is 25.1 Å². The fraction of sp³-hybridized carbons (Fsp3) is 0.483. The quantitative estimate of drug-likeness (QED) is 0.221. The van der Waals surface area contributed by atoms with Gasteiger partial charge in [-0.1, -0.05) is 19.1 Å². The molecule has 1 unspecified atom stereocenters. The third-order valence-corrected chi connectivity index (χ3v) is 10.8. The highest BCUT2D eigenvalue weighted by Gasteiger charge is 2.66. The highest BCUT2D eigenvalue weighted by Crippen LogP contribution is 2.60. The van der Waals surface area contributed by atoms with E-state index in [1.54, 1.807) is 49.4 Å². The van der Waals surface area contributed by atoms with E-state index >= 15 is 4.11 Å². The molecule has 3 aliphatic heterocycles. The molecular formula is C29H35FN2O7Si. The summed E-state index contributed by atoms with van der Waals surface area (Å²) < 4.78 is 32.9. The molecule has 0 saturated carbocycles. The predicted octanol–water partition coefficient (Wildman–Crippen LogP) is 4.03. The Bertz CT molecular complexity index is 1330. The van der Waals surface area contributed by atoms with E-state index in [9.17, 15) is 19.5 Å². The molecule has 214 valence electrons. The summed E-state index contributed by atoms with van der Waals surface area (Å²) in [6.45, 7) is 6.49. The van der Waals surface area contributed by atoms with Gasteiger partial charge in [0.15, 0.2) is 11.8 Å². The lowest BCUT2D eigenvalue weighted by Crippen LogP contribution is -2.54. The second kappa shape index (κ2) is 10.3. The average molecular weight is 571 g/mol. The van der Waals surface area contributed by atoms with Gasteiger partial charge >= 0.3 is 5.97 Å². The molecule has 2 aromatic carbocycles. The molecule has 9 nitrogen and oxygen atoms in total. The molecule has 11 heteroatoms. The minimum atomic E-state index is -3.29. The molecule has 1 spiro atoms. The van der Waals surface area contributed by atoms with E-state index in [4.69, 9.17) is 14.2 Å². The number of nitrogens with zero attached hydrogens (tertiary/aromatic N) is 2. The number of hydrogen-bond donors (Lipinski definition) is 1. The number of hydrogen-bond acceptors (Lipinski definition) is 7. The summed E-state index contributed by atoms with van der Waals surface area (Å²) in [7, 11) is -1.74. The molecule has 3 heterocycles. The van der Waals surface area contributed by atoms with Crippen molar-refractivity contribution < 1.29 is 37.8 Å². The van der Waals surface area contributed by atoms with Crippen molar-refractivity contribution in [3.05, 3.63) is 53.6 Å². The number of β-lactam (4-membered cyclic amide) rings is 1. The summed E-state index contributed by atoms with van der Waals surface area (Å²) in [6, 6.07) is 12.5. The van der Waals surface area contributed by atoms with Gasteiger partial charge in [0.1, 0.15) is 5.75 Å². The summed E-state index contributed by atoms with van der Waals surface area (Å²) in [5.74, 6) is -0.770. The molecule has 0 radical (unpaired) electrons. The van der Waals surface area contributed by atoms with Crippen molar-refractivity contribution in [2.24, 2.45) is 5.92 Å². The number of anilines is 2. The number of halogens is 1. The Morgan fingerprint density at radius 1 is 1.20 bits per heavy atom. The maximum Gasteiger partial charge on any atom is 0.304 e. The zero-order valence-corrected chi connectivity index (χ0v) is 24.3. The molecule has 40 heavy (non-hydrogen) atoms. The molecule has 5 rings (SSSR count). The maximum absolute atomic E-state index is 15.7. The summed E-state index contributed by atoms with van der Waals surface area (Å²) in [5, 5.41) is 9.73. The molecule has 0 aliphatic carbocycles. The molecule has 5 atom stereocenters. The molecule has 2 saturated heterocycles. The van der Waals surface area contributed by atoms with Crippen LogP contribution >= 0.6 is 0 Å². The largest absolute Gasteiger partial charge is 0.497 e. The summed E-state index contributed by atoms with van der Waals surface area (Å²) in [4.78, 5) is 41.0. The molecule has 0 aromatic heterocycles. The highest BCUT2D eigenvalue weighted by molar-refractivity contribution is 6.72. The van der Waals surface area contributed by atoms with Crippen LogP contribution in [0, 0.1) is 5.92 Å². The minimum Gasteiger partial charge on any atom is -0.497 e. The Hall–Kier alpha value is -3.28. The van der Waals surface area contributed by atoms with Gasteiger partial charge in [-0.25, -0.2) is 0 Å². The molecular weight excluding hydrogens is 535 g/mol. The van der Waals surface area contributed by atoms with Gasteiger partial charge in [0.25, 0.3) is 5.91 Å². The van der Waals surface area contributed by atoms with Crippen LogP contribution in [0.1, 0.15) is 37.8 Å². The van der Waals surface area contributed by atoms with Crippen LogP contribution in [-0.2, 0) is 36.0 Å². The monoisotopic (exact) mass is 570 g/mol. The Labute approximate surface area is 234 Å². The second-order valence-corrected chi connectivity index (χ2v) is 15.1. The Kier molecular flexibility index (Phi) is 7.26. The first-order chi connectivity index (χ1) is 18.9. The highest BCUT2D eigenvalue weighted by atomic mass is 28.4. The lowest BCUT2D eigenvalue weighted by atomic mass is 9.82. The number of aliphatic hydroxyl groups is 1. The van der Waals surface area contributed by atoms with Gasteiger partial charge in [-0.15, -0.1) is 0 Å². The van der Waals surface area contributed by atoms with Crippen molar-refractivity contribution in [2.45, 2.75) is 69.8 Å². The van der Waals surface area contributed by atoms with Crippen LogP contribution in [0.15, 0.2) is 42.5 Å². The van der Waals surface area contributed by atoms with Crippen LogP contribution in [0.2, 0.25) is 18.6 Å². The first kappa shape index (κ1) is 28.3. The van der Waals surface area contributed by atoms with Gasteiger partial charge in [-0.05, 0) is 55.4 Å². The van der Waals surface area contributed by atoms with Gasteiger partial charge in [0.2, 0.25) is 14.3 Å². The van der Waals surface area contributed by atoms with Crippen LogP contribution in [0.3, 0.4) is 0 Å². The van der Waals surface area contributed by atoms with E-state index in [0.29, 0.717) is 22.7 Å². The number of methoxy groups -OCH3 is 1. The number of carbonyl (C=O) groups excluding carboxylic acids is 3. The molecule has 2 fully saturated rings. The molecule has 3 aliphatic rings. The number of aliphatic hydroxyl groups excluding tert-OH is 1. The van der Waals surface area contributed by atoms with Crippen LogP contribution in [0.4, 0.5) is 15.5 Å². The van der Waals surface area contributed by atoms with E-state index in [1.165, 1.54) is 11.8 Å². The Morgan fingerprint density at radius 2 is 1.90 bits per heavy atom. The molecule has 0 bridgehead atoms. The first-order valence-corrected chi connectivity index (χ1v) is 16.4.